The van der Waals surface area contributed by atoms with Crippen LogP contribution in [0.3, 0.4) is 0 Å². The zero-order valence-electron chi connectivity index (χ0n) is 10.0. The third-order valence-electron chi connectivity index (χ3n) is 2.11. The van der Waals surface area contributed by atoms with Crippen LogP contribution in [0.2, 0.25) is 0 Å². The summed E-state index contributed by atoms with van der Waals surface area (Å²) in [7, 11) is -3.35. The van der Waals surface area contributed by atoms with Gasteiger partial charge in [0.2, 0.25) is 5.91 Å². The fourth-order valence-electron chi connectivity index (χ4n) is 1.31. The number of hydrogen-bond donors (Lipinski definition) is 2. The fraction of sp³-hybridized carbons (Fsp3) is 0.273. The van der Waals surface area contributed by atoms with E-state index in [4.69, 9.17) is 5.21 Å². The van der Waals surface area contributed by atoms with Crippen LogP contribution in [0, 0.1) is 0 Å². The maximum absolute atomic E-state index is 11.4. The molecule has 1 amide bonds. The number of benzene rings is 1. The van der Waals surface area contributed by atoms with Gasteiger partial charge in [0.1, 0.15) is 5.75 Å². The van der Waals surface area contributed by atoms with E-state index < -0.39 is 21.5 Å². The van der Waals surface area contributed by atoms with Gasteiger partial charge >= 0.3 is 0 Å². The van der Waals surface area contributed by atoms with Crippen LogP contribution in [0.1, 0.15) is 12.5 Å². The quantitative estimate of drug-likeness (QED) is 0.482. The highest BCUT2D eigenvalue weighted by Crippen LogP contribution is 2.11. The van der Waals surface area contributed by atoms with Gasteiger partial charge in [0.05, 0.1) is 5.71 Å². The molecule has 0 atom stereocenters. The molecule has 18 heavy (non-hydrogen) atoms. The number of hydrogen-bond acceptors (Lipinski definition) is 5. The molecule has 0 aromatic heterocycles. The summed E-state index contributed by atoms with van der Waals surface area (Å²) in [6.07, 6.45) is 0.992. The number of anilines is 1. The summed E-state index contributed by atoms with van der Waals surface area (Å²) in [5.41, 5.74) is 1.48. The Kier molecular flexibility index (Phi) is 4.43. The number of carbonyl (C=O) groups is 1. The summed E-state index contributed by atoms with van der Waals surface area (Å²) in [6.45, 7) is 1.61. The van der Waals surface area contributed by atoms with Gasteiger partial charge in [-0.3, -0.25) is 4.79 Å². The smallest absolute Gasteiger partial charge is 0.239 e. The lowest BCUT2D eigenvalue weighted by Gasteiger charge is -2.06. The first-order valence-corrected chi connectivity index (χ1v) is 7.14. The molecule has 0 bridgehead atoms. The summed E-state index contributed by atoms with van der Waals surface area (Å²) in [4.78, 5) is 11.4. The minimum atomic E-state index is -3.35. The maximum atomic E-state index is 11.4. The van der Waals surface area contributed by atoms with E-state index in [1.807, 2.05) is 0 Å². The Morgan fingerprint density at radius 2 is 2.11 bits per heavy atom. The largest absolute Gasteiger partial charge is 0.411 e. The van der Waals surface area contributed by atoms with Gasteiger partial charge in [-0.1, -0.05) is 17.3 Å². The van der Waals surface area contributed by atoms with Crippen LogP contribution in [0.5, 0.6) is 0 Å². The highest BCUT2D eigenvalue weighted by molar-refractivity contribution is 7.91. The molecule has 0 spiro atoms. The van der Waals surface area contributed by atoms with Crippen molar-refractivity contribution in [3.8, 4) is 0 Å². The molecule has 2 N–H and O–H groups in total. The molecule has 0 heterocycles. The monoisotopic (exact) mass is 270 g/mol. The molecule has 0 fully saturated rings. The summed E-state index contributed by atoms with van der Waals surface area (Å²) in [5, 5.41) is 14.1. The number of carbonyl (C=O) groups excluding carboxylic acids is 1. The molecule has 0 saturated heterocycles. The van der Waals surface area contributed by atoms with Crippen molar-refractivity contribution in [2.24, 2.45) is 5.16 Å². The van der Waals surface area contributed by atoms with Gasteiger partial charge < -0.3 is 10.5 Å². The summed E-state index contributed by atoms with van der Waals surface area (Å²) < 4.78 is 21.9. The van der Waals surface area contributed by atoms with Crippen LogP contribution < -0.4 is 5.32 Å². The first-order chi connectivity index (χ1) is 8.31. The van der Waals surface area contributed by atoms with Crippen molar-refractivity contribution in [1.82, 2.24) is 0 Å². The van der Waals surface area contributed by atoms with Gasteiger partial charge in [-0.25, -0.2) is 8.42 Å². The minimum Gasteiger partial charge on any atom is -0.411 e. The van der Waals surface area contributed by atoms with Crippen molar-refractivity contribution in [2.75, 3.05) is 17.3 Å². The number of oxime groups is 1. The first-order valence-electron chi connectivity index (χ1n) is 5.08. The molecule has 0 unspecified atom stereocenters. The Morgan fingerprint density at radius 1 is 1.44 bits per heavy atom. The molecule has 1 rings (SSSR count). The maximum Gasteiger partial charge on any atom is 0.239 e. The first kappa shape index (κ1) is 14.2. The highest BCUT2D eigenvalue weighted by atomic mass is 32.2. The summed E-state index contributed by atoms with van der Waals surface area (Å²) >= 11 is 0. The second kappa shape index (κ2) is 5.63. The van der Waals surface area contributed by atoms with Crippen molar-refractivity contribution in [3.05, 3.63) is 29.8 Å². The zero-order chi connectivity index (χ0) is 13.8. The van der Waals surface area contributed by atoms with Gasteiger partial charge in [0, 0.05) is 17.5 Å². The number of sulfone groups is 1. The highest BCUT2D eigenvalue weighted by Gasteiger charge is 2.11. The number of amides is 1. The predicted molar refractivity (Wildman–Crippen MR) is 68.8 cm³/mol. The third-order valence-corrected chi connectivity index (χ3v) is 2.89. The van der Waals surface area contributed by atoms with Gasteiger partial charge in [-0.05, 0) is 19.1 Å². The van der Waals surface area contributed by atoms with Crippen LogP contribution in [-0.2, 0) is 14.6 Å². The van der Waals surface area contributed by atoms with Crippen molar-refractivity contribution < 1.29 is 18.4 Å². The predicted octanol–water partition coefficient (Wildman–Crippen LogP) is 0.868. The SMILES string of the molecule is CC(=NO)c1cccc(NC(=O)CS(C)(=O)=O)c1. The summed E-state index contributed by atoms with van der Waals surface area (Å²) in [6, 6.07) is 6.59. The van der Waals surface area contributed by atoms with Gasteiger partial charge in [0.15, 0.2) is 9.84 Å². The molecular weight excluding hydrogens is 256 g/mol. The standard InChI is InChI=1S/C11H14N2O4S/c1-8(13-15)9-4-3-5-10(6-9)12-11(14)7-18(2,16)17/h3-6,15H,7H2,1-2H3,(H,12,14). The van der Waals surface area contributed by atoms with E-state index in [0.29, 0.717) is 17.0 Å². The van der Waals surface area contributed by atoms with Crippen molar-refractivity contribution in [1.29, 1.82) is 0 Å². The lowest BCUT2D eigenvalue weighted by Crippen LogP contribution is -2.22. The molecule has 0 aliphatic heterocycles. The fourth-order valence-corrected chi connectivity index (χ4v) is 1.86. The second-order valence-corrected chi connectivity index (χ2v) is 6.02. The van der Waals surface area contributed by atoms with E-state index in [1.165, 1.54) is 0 Å². The van der Waals surface area contributed by atoms with Crippen LogP contribution >= 0.6 is 0 Å². The van der Waals surface area contributed by atoms with E-state index in [-0.39, 0.29) is 0 Å². The van der Waals surface area contributed by atoms with E-state index in [2.05, 4.69) is 10.5 Å². The average Bonchev–Trinajstić information content (AvgIpc) is 2.25. The number of nitrogens with one attached hydrogen (secondary N) is 1. The molecule has 0 aliphatic carbocycles. The van der Waals surface area contributed by atoms with Crippen LogP contribution in [-0.4, -0.2) is 37.3 Å². The number of nitrogens with zero attached hydrogens (tertiary/aromatic N) is 1. The van der Waals surface area contributed by atoms with Crippen molar-refractivity contribution in [3.63, 3.8) is 0 Å². The molecule has 1 aromatic rings. The van der Waals surface area contributed by atoms with Gasteiger partial charge in [-0.15, -0.1) is 0 Å². The second-order valence-electron chi connectivity index (χ2n) is 3.88. The van der Waals surface area contributed by atoms with Crippen molar-refractivity contribution in [2.45, 2.75) is 6.92 Å². The molecule has 98 valence electrons. The Hall–Kier alpha value is -1.89. The Balaban J connectivity index is 2.83. The molecular formula is C11H14N2O4S. The lowest BCUT2D eigenvalue weighted by atomic mass is 10.1. The van der Waals surface area contributed by atoms with Crippen LogP contribution in [0.4, 0.5) is 5.69 Å². The zero-order valence-corrected chi connectivity index (χ0v) is 10.9. The Morgan fingerprint density at radius 3 is 2.67 bits per heavy atom. The molecule has 6 nitrogen and oxygen atoms in total. The van der Waals surface area contributed by atoms with E-state index in [9.17, 15) is 13.2 Å². The third kappa shape index (κ3) is 4.54. The Bertz CT molecular complexity index is 578. The molecule has 0 aliphatic rings. The van der Waals surface area contributed by atoms with Gasteiger partial charge in [-0.2, -0.15) is 0 Å². The molecule has 1 aromatic carbocycles. The molecule has 7 heteroatoms. The summed E-state index contributed by atoms with van der Waals surface area (Å²) in [5.74, 6) is -1.17. The van der Waals surface area contributed by atoms with Crippen LogP contribution in [0.15, 0.2) is 29.4 Å². The van der Waals surface area contributed by atoms with Crippen LogP contribution in [0.25, 0.3) is 0 Å². The molecule has 0 saturated carbocycles. The topological polar surface area (TPSA) is 95.8 Å². The van der Waals surface area contributed by atoms with Gasteiger partial charge in [0.25, 0.3) is 0 Å². The number of rotatable bonds is 4. The van der Waals surface area contributed by atoms with E-state index in [0.717, 1.165) is 6.26 Å². The average molecular weight is 270 g/mol. The lowest BCUT2D eigenvalue weighted by molar-refractivity contribution is -0.113. The minimum absolute atomic E-state index is 0.397. The Labute approximate surface area is 105 Å². The van der Waals surface area contributed by atoms with E-state index in [1.54, 1.807) is 31.2 Å². The molecule has 0 radical (unpaired) electrons. The normalized spacial score (nSPS) is 12.2. The van der Waals surface area contributed by atoms with Crippen molar-refractivity contribution >= 4 is 27.1 Å². The van der Waals surface area contributed by atoms with E-state index >= 15 is 0 Å².